The summed E-state index contributed by atoms with van der Waals surface area (Å²) in [5.41, 5.74) is 1.09. The molecule has 2 aromatic rings. The minimum Gasteiger partial charge on any atom is -0.462 e. The fourth-order valence-corrected chi connectivity index (χ4v) is 3.54. The molecule has 0 radical (unpaired) electrons. The van der Waals surface area contributed by atoms with E-state index in [2.05, 4.69) is 10.6 Å². The molecule has 26 heavy (non-hydrogen) atoms. The molecule has 2 amide bonds. The molecule has 138 valence electrons. The van der Waals surface area contributed by atoms with Gasteiger partial charge in [-0.1, -0.05) is 12.1 Å². The fraction of sp³-hybridized carbons (Fsp3) is 0.278. The van der Waals surface area contributed by atoms with E-state index in [1.807, 2.05) is 0 Å². The highest BCUT2D eigenvalue weighted by atomic mass is 32.1. The summed E-state index contributed by atoms with van der Waals surface area (Å²) in [5.74, 6) is -1.83. The Bertz CT molecular complexity index is 848. The lowest BCUT2D eigenvalue weighted by molar-refractivity contribution is -0.115. The largest absolute Gasteiger partial charge is 0.462 e. The Morgan fingerprint density at radius 3 is 2.62 bits per heavy atom. The Hall–Kier alpha value is -2.74. The molecule has 0 unspecified atom stereocenters. The first kappa shape index (κ1) is 19.6. The molecular formula is C18H19FN2O4S. The number of halogens is 1. The van der Waals surface area contributed by atoms with Gasteiger partial charge in [-0.05, 0) is 37.1 Å². The van der Waals surface area contributed by atoms with Crippen molar-refractivity contribution in [3.05, 3.63) is 51.7 Å². The molecule has 1 aromatic heterocycles. The number of hydrogen-bond donors (Lipinski definition) is 2. The van der Waals surface area contributed by atoms with Gasteiger partial charge in [0.25, 0.3) is 5.91 Å². The monoisotopic (exact) mass is 378 g/mol. The van der Waals surface area contributed by atoms with Gasteiger partial charge in [-0.2, -0.15) is 0 Å². The Morgan fingerprint density at radius 1 is 1.27 bits per heavy atom. The minimum atomic E-state index is -0.613. The SMILES string of the molecule is CCOC(=O)c1c(NC(=O)Cc2cccc(F)c2)sc(C(=O)NC)c1C. The van der Waals surface area contributed by atoms with Crippen LogP contribution in [0.2, 0.25) is 0 Å². The molecule has 0 fully saturated rings. The van der Waals surface area contributed by atoms with E-state index >= 15 is 0 Å². The number of esters is 1. The topological polar surface area (TPSA) is 84.5 Å². The predicted molar refractivity (Wildman–Crippen MR) is 97.1 cm³/mol. The molecule has 0 saturated heterocycles. The van der Waals surface area contributed by atoms with Gasteiger partial charge in [0, 0.05) is 7.05 Å². The lowest BCUT2D eigenvalue weighted by Gasteiger charge is -2.07. The molecule has 0 atom stereocenters. The fourth-order valence-electron chi connectivity index (χ4n) is 2.38. The van der Waals surface area contributed by atoms with Gasteiger partial charge >= 0.3 is 5.97 Å². The lowest BCUT2D eigenvalue weighted by Crippen LogP contribution is -2.18. The smallest absolute Gasteiger partial charge is 0.341 e. The number of anilines is 1. The molecule has 0 saturated carbocycles. The van der Waals surface area contributed by atoms with Crippen LogP contribution in [0.15, 0.2) is 24.3 Å². The van der Waals surface area contributed by atoms with E-state index in [4.69, 9.17) is 4.74 Å². The molecule has 1 heterocycles. The van der Waals surface area contributed by atoms with E-state index in [1.165, 1.54) is 25.2 Å². The predicted octanol–water partition coefficient (Wildman–Crippen LogP) is 2.91. The highest BCUT2D eigenvalue weighted by Crippen LogP contribution is 2.33. The summed E-state index contributed by atoms with van der Waals surface area (Å²) in [6, 6.07) is 5.70. The highest BCUT2D eigenvalue weighted by Gasteiger charge is 2.26. The molecule has 2 rings (SSSR count). The normalized spacial score (nSPS) is 10.3. The second-order valence-corrected chi connectivity index (χ2v) is 6.44. The van der Waals surface area contributed by atoms with Crippen LogP contribution in [0.4, 0.5) is 9.39 Å². The number of thiophene rings is 1. The molecule has 6 nitrogen and oxygen atoms in total. The maximum absolute atomic E-state index is 13.2. The minimum absolute atomic E-state index is 0.0632. The van der Waals surface area contributed by atoms with Gasteiger partial charge in [0.05, 0.1) is 23.5 Å². The summed E-state index contributed by atoms with van der Waals surface area (Å²) in [5, 5.41) is 5.37. The Morgan fingerprint density at radius 2 is 2.00 bits per heavy atom. The molecule has 0 aliphatic heterocycles. The molecule has 2 N–H and O–H groups in total. The van der Waals surface area contributed by atoms with Gasteiger partial charge in [-0.15, -0.1) is 11.3 Å². The van der Waals surface area contributed by atoms with Crippen molar-refractivity contribution >= 4 is 34.1 Å². The number of rotatable bonds is 6. The van der Waals surface area contributed by atoms with Crippen molar-refractivity contribution in [3.63, 3.8) is 0 Å². The van der Waals surface area contributed by atoms with E-state index < -0.39 is 17.7 Å². The maximum atomic E-state index is 13.2. The van der Waals surface area contributed by atoms with Crippen LogP contribution in [0.5, 0.6) is 0 Å². The zero-order chi connectivity index (χ0) is 19.3. The number of carbonyl (C=O) groups is 3. The third kappa shape index (κ3) is 4.45. The van der Waals surface area contributed by atoms with Crippen LogP contribution in [-0.4, -0.2) is 31.4 Å². The van der Waals surface area contributed by atoms with E-state index in [1.54, 1.807) is 19.9 Å². The summed E-state index contributed by atoms with van der Waals surface area (Å²) in [6.45, 7) is 3.46. The highest BCUT2D eigenvalue weighted by molar-refractivity contribution is 7.18. The van der Waals surface area contributed by atoms with Gasteiger partial charge in [-0.3, -0.25) is 9.59 Å². The summed E-state index contributed by atoms with van der Waals surface area (Å²) in [6.07, 6.45) is -0.0632. The molecular weight excluding hydrogens is 359 g/mol. The second kappa shape index (κ2) is 8.57. The zero-order valence-corrected chi connectivity index (χ0v) is 15.5. The van der Waals surface area contributed by atoms with Crippen molar-refractivity contribution in [1.29, 1.82) is 0 Å². The number of carbonyl (C=O) groups excluding carboxylic acids is 3. The lowest BCUT2D eigenvalue weighted by atomic mass is 10.1. The molecule has 8 heteroatoms. The van der Waals surface area contributed by atoms with Gasteiger partial charge in [0.1, 0.15) is 10.8 Å². The number of hydrogen-bond acceptors (Lipinski definition) is 5. The summed E-state index contributed by atoms with van der Waals surface area (Å²) >= 11 is 0.996. The van der Waals surface area contributed by atoms with Crippen LogP contribution in [-0.2, 0) is 16.0 Å². The maximum Gasteiger partial charge on any atom is 0.341 e. The van der Waals surface area contributed by atoms with Crippen molar-refractivity contribution < 1.29 is 23.5 Å². The average molecular weight is 378 g/mol. The first-order valence-corrected chi connectivity index (χ1v) is 8.75. The van der Waals surface area contributed by atoms with Crippen LogP contribution in [0.25, 0.3) is 0 Å². The summed E-state index contributed by atoms with van der Waals surface area (Å²) in [4.78, 5) is 36.9. The van der Waals surface area contributed by atoms with Crippen molar-refractivity contribution in [1.82, 2.24) is 5.32 Å². The second-order valence-electron chi connectivity index (χ2n) is 5.41. The van der Waals surface area contributed by atoms with Crippen LogP contribution in [0, 0.1) is 12.7 Å². The molecule has 0 aliphatic carbocycles. The molecule has 0 aliphatic rings. The number of ether oxygens (including phenoxy) is 1. The first-order valence-electron chi connectivity index (χ1n) is 7.94. The zero-order valence-electron chi connectivity index (χ0n) is 14.6. The first-order chi connectivity index (χ1) is 12.4. The van der Waals surface area contributed by atoms with Gasteiger partial charge in [0.15, 0.2) is 0 Å². The van der Waals surface area contributed by atoms with E-state index in [-0.39, 0.29) is 29.5 Å². The van der Waals surface area contributed by atoms with Gasteiger partial charge < -0.3 is 15.4 Å². The molecule has 0 spiro atoms. The number of nitrogens with one attached hydrogen (secondary N) is 2. The van der Waals surface area contributed by atoms with Crippen LogP contribution >= 0.6 is 11.3 Å². The van der Waals surface area contributed by atoms with Crippen molar-refractivity contribution in [3.8, 4) is 0 Å². The molecule has 1 aromatic carbocycles. The van der Waals surface area contributed by atoms with E-state index in [0.717, 1.165) is 11.3 Å². The quantitative estimate of drug-likeness (QED) is 0.757. The van der Waals surface area contributed by atoms with Crippen LogP contribution in [0.3, 0.4) is 0 Å². The van der Waals surface area contributed by atoms with Crippen molar-refractivity contribution in [2.24, 2.45) is 0 Å². The number of benzene rings is 1. The van der Waals surface area contributed by atoms with Gasteiger partial charge in [-0.25, -0.2) is 9.18 Å². The third-order valence-corrected chi connectivity index (χ3v) is 4.77. The Kier molecular flexibility index (Phi) is 6.46. The van der Waals surface area contributed by atoms with Crippen LogP contribution < -0.4 is 10.6 Å². The van der Waals surface area contributed by atoms with E-state index in [9.17, 15) is 18.8 Å². The van der Waals surface area contributed by atoms with Crippen molar-refractivity contribution in [2.45, 2.75) is 20.3 Å². The number of amides is 2. The average Bonchev–Trinajstić information content (AvgIpc) is 2.90. The molecule has 0 bridgehead atoms. The van der Waals surface area contributed by atoms with Crippen molar-refractivity contribution in [2.75, 3.05) is 19.0 Å². The summed E-state index contributed by atoms with van der Waals surface area (Å²) in [7, 11) is 1.48. The van der Waals surface area contributed by atoms with E-state index in [0.29, 0.717) is 16.0 Å². The third-order valence-electron chi connectivity index (χ3n) is 3.57. The summed E-state index contributed by atoms with van der Waals surface area (Å²) < 4.78 is 18.3. The Balaban J connectivity index is 2.30. The van der Waals surface area contributed by atoms with Gasteiger partial charge in [0.2, 0.25) is 5.91 Å². The standard InChI is InChI=1S/C18H19FN2O4S/c1-4-25-18(24)14-10(2)15(16(23)20-3)26-17(14)21-13(22)9-11-6-5-7-12(19)8-11/h5-8H,4,9H2,1-3H3,(H,20,23)(H,21,22). The Labute approximate surface area is 154 Å². The van der Waals surface area contributed by atoms with Crippen LogP contribution in [0.1, 0.15) is 38.1 Å².